The van der Waals surface area contributed by atoms with Gasteiger partial charge in [-0.05, 0) is 0 Å². The number of nitrogen functional groups attached to an aromatic ring is 1. The SMILES string of the molecule is Nc1ncnc2c(CN3CC(O)C(C=[N+]4C=CN=N4)C3)c[nH]c12. The molecule has 0 bridgehead atoms. The van der Waals surface area contributed by atoms with Crippen molar-refractivity contribution in [1.29, 1.82) is 0 Å². The van der Waals surface area contributed by atoms with Crippen LogP contribution in [0.25, 0.3) is 11.0 Å². The molecule has 2 unspecified atom stereocenters. The van der Waals surface area contributed by atoms with E-state index in [0.29, 0.717) is 18.9 Å². The van der Waals surface area contributed by atoms with Gasteiger partial charge in [0.1, 0.15) is 23.3 Å². The Morgan fingerprint density at radius 1 is 1.43 bits per heavy atom. The molecule has 118 valence electrons. The molecule has 2 aliphatic heterocycles. The van der Waals surface area contributed by atoms with Crippen molar-refractivity contribution in [3.8, 4) is 0 Å². The second-order valence-corrected chi connectivity index (χ2v) is 5.75. The van der Waals surface area contributed by atoms with Gasteiger partial charge in [-0.15, -0.1) is 4.68 Å². The second-order valence-electron chi connectivity index (χ2n) is 5.75. The number of anilines is 1. The lowest BCUT2D eigenvalue weighted by Crippen LogP contribution is -2.21. The first kappa shape index (κ1) is 14.0. The van der Waals surface area contributed by atoms with E-state index >= 15 is 0 Å². The molecule has 0 aliphatic carbocycles. The molecule has 1 saturated heterocycles. The standard InChI is InChI=1S/C14H17N8O/c15-14-13-12(17-8-18-14)9(3-16-13)4-21-5-10(11(23)7-21)6-22-2-1-19-20-22/h1-3,6,8,10-11,16,23H,4-5,7H2,(H2,15,17,18)/q+1. The highest BCUT2D eigenvalue weighted by molar-refractivity contribution is 5.86. The number of likely N-dealkylation sites (tertiary alicyclic amines) is 1. The summed E-state index contributed by atoms with van der Waals surface area (Å²) in [6.07, 6.45) is 8.21. The van der Waals surface area contributed by atoms with Crippen LogP contribution in [0.5, 0.6) is 0 Å². The first-order valence-electron chi connectivity index (χ1n) is 7.38. The quantitative estimate of drug-likeness (QED) is 0.703. The first-order valence-corrected chi connectivity index (χ1v) is 7.38. The summed E-state index contributed by atoms with van der Waals surface area (Å²) in [7, 11) is 0. The van der Waals surface area contributed by atoms with Crippen molar-refractivity contribution in [2.45, 2.75) is 12.6 Å². The molecule has 4 heterocycles. The Hall–Kier alpha value is -2.65. The van der Waals surface area contributed by atoms with E-state index in [1.807, 2.05) is 12.4 Å². The van der Waals surface area contributed by atoms with Gasteiger partial charge in [-0.25, -0.2) is 9.97 Å². The topological polar surface area (TPSA) is 119 Å². The Kier molecular flexibility index (Phi) is 3.36. The minimum absolute atomic E-state index is 0.0154. The zero-order valence-electron chi connectivity index (χ0n) is 12.4. The third-order valence-corrected chi connectivity index (χ3v) is 4.16. The fourth-order valence-corrected chi connectivity index (χ4v) is 3.04. The number of aromatic amines is 1. The Morgan fingerprint density at radius 3 is 3.17 bits per heavy atom. The summed E-state index contributed by atoms with van der Waals surface area (Å²) in [5, 5.41) is 17.9. The number of aliphatic hydroxyl groups is 1. The van der Waals surface area contributed by atoms with Crippen molar-refractivity contribution in [3.05, 3.63) is 30.5 Å². The fourth-order valence-electron chi connectivity index (χ4n) is 3.04. The van der Waals surface area contributed by atoms with Gasteiger partial charge in [0.15, 0.2) is 12.0 Å². The van der Waals surface area contributed by atoms with Gasteiger partial charge in [0, 0.05) is 31.4 Å². The number of hydrogen-bond acceptors (Lipinski definition) is 7. The molecule has 23 heavy (non-hydrogen) atoms. The maximum atomic E-state index is 10.3. The number of aromatic nitrogens is 3. The van der Waals surface area contributed by atoms with E-state index in [9.17, 15) is 5.11 Å². The van der Waals surface area contributed by atoms with E-state index in [-0.39, 0.29) is 5.92 Å². The van der Waals surface area contributed by atoms with E-state index in [1.165, 1.54) is 6.33 Å². The Morgan fingerprint density at radius 2 is 2.35 bits per heavy atom. The Balaban J connectivity index is 1.51. The highest BCUT2D eigenvalue weighted by atomic mass is 16.3. The lowest BCUT2D eigenvalue weighted by molar-refractivity contribution is -0.461. The number of β-amino-alcohol motifs (C(OH)–C–C–N with tert-alkyl or cyclic N) is 1. The van der Waals surface area contributed by atoms with E-state index in [0.717, 1.165) is 23.1 Å². The lowest BCUT2D eigenvalue weighted by atomic mass is 10.1. The first-order chi connectivity index (χ1) is 11.2. The molecule has 0 saturated carbocycles. The molecule has 0 amide bonds. The molecular formula is C14H17N8O+. The number of rotatable bonds is 3. The van der Waals surface area contributed by atoms with Gasteiger partial charge in [0.2, 0.25) is 6.20 Å². The van der Waals surface area contributed by atoms with Gasteiger partial charge >= 0.3 is 0 Å². The van der Waals surface area contributed by atoms with E-state index in [1.54, 1.807) is 17.1 Å². The summed E-state index contributed by atoms with van der Waals surface area (Å²) < 4.78 is 1.64. The predicted octanol–water partition coefficient (Wildman–Crippen LogP) is 0.268. The van der Waals surface area contributed by atoms with Gasteiger partial charge in [0.05, 0.1) is 22.7 Å². The molecule has 1 fully saturated rings. The van der Waals surface area contributed by atoms with Gasteiger partial charge in [-0.1, -0.05) is 0 Å². The molecule has 0 radical (unpaired) electrons. The van der Waals surface area contributed by atoms with E-state index in [4.69, 9.17) is 5.73 Å². The monoisotopic (exact) mass is 313 g/mol. The van der Waals surface area contributed by atoms with Gasteiger partial charge < -0.3 is 15.8 Å². The molecule has 2 aromatic rings. The predicted molar refractivity (Wildman–Crippen MR) is 83.4 cm³/mol. The van der Waals surface area contributed by atoms with Crippen molar-refractivity contribution >= 4 is 23.1 Å². The molecule has 4 rings (SSSR count). The summed E-state index contributed by atoms with van der Waals surface area (Å²) in [5.41, 5.74) is 8.47. The van der Waals surface area contributed by atoms with Crippen LogP contribution >= 0.6 is 0 Å². The molecule has 2 atom stereocenters. The minimum atomic E-state index is -0.427. The van der Waals surface area contributed by atoms with Crippen LogP contribution in [0.15, 0.2) is 35.3 Å². The summed E-state index contributed by atoms with van der Waals surface area (Å²) in [4.78, 5) is 13.6. The number of nitrogens with zero attached hydrogens (tertiary/aromatic N) is 6. The smallest absolute Gasteiger partial charge is 0.209 e. The average molecular weight is 313 g/mol. The largest absolute Gasteiger partial charge is 0.391 e. The van der Waals surface area contributed by atoms with Gasteiger partial charge in [-0.3, -0.25) is 4.90 Å². The number of hydrogen-bond donors (Lipinski definition) is 3. The lowest BCUT2D eigenvalue weighted by Gasteiger charge is -2.13. The van der Waals surface area contributed by atoms with Crippen LogP contribution in [0.4, 0.5) is 5.82 Å². The van der Waals surface area contributed by atoms with Crippen molar-refractivity contribution < 1.29 is 9.79 Å². The zero-order valence-corrected chi connectivity index (χ0v) is 12.4. The van der Waals surface area contributed by atoms with Crippen LogP contribution < -0.4 is 5.73 Å². The number of nitrogens with one attached hydrogen (secondary N) is 1. The van der Waals surface area contributed by atoms with Crippen molar-refractivity contribution in [3.63, 3.8) is 0 Å². The molecule has 0 aromatic carbocycles. The normalized spacial score (nSPS) is 26.0. The van der Waals surface area contributed by atoms with Crippen molar-refractivity contribution in [2.24, 2.45) is 16.3 Å². The van der Waals surface area contributed by atoms with Crippen molar-refractivity contribution in [2.75, 3.05) is 18.8 Å². The zero-order chi connectivity index (χ0) is 15.8. The summed E-state index contributed by atoms with van der Waals surface area (Å²) in [6, 6.07) is 0. The van der Waals surface area contributed by atoms with Crippen LogP contribution in [0.2, 0.25) is 0 Å². The van der Waals surface area contributed by atoms with E-state index in [2.05, 4.69) is 30.2 Å². The van der Waals surface area contributed by atoms with Crippen LogP contribution in [0.3, 0.4) is 0 Å². The summed E-state index contributed by atoms with van der Waals surface area (Å²) in [5.74, 6) is 0.460. The molecular weight excluding hydrogens is 296 g/mol. The molecule has 4 N–H and O–H groups in total. The molecule has 9 heteroatoms. The van der Waals surface area contributed by atoms with Crippen LogP contribution in [-0.2, 0) is 6.54 Å². The maximum Gasteiger partial charge on any atom is 0.209 e. The van der Waals surface area contributed by atoms with Crippen LogP contribution in [-0.4, -0.2) is 55.1 Å². The number of H-pyrrole nitrogens is 1. The molecule has 2 aromatic heterocycles. The van der Waals surface area contributed by atoms with Gasteiger partial charge in [0.25, 0.3) is 0 Å². The van der Waals surface area contributed by atoms with Crippen LogP contribution in [0.1, 0.15) is 5.56 Å². The molecule has 9 nitrogen and oxygen atoms in total. The Bertz CT molecular complexity index is 809. The number of nitrogens with two attached hydrogens (primary N) is 1. The third kappa shape index (κ3) is 2.60. The average Bonchev–Trinajstić information content (AvgIpc) is 3.24. The fraction of sp³-hybridized carbons (Fsp3) is 0.357. The third-order valence-electron chi connectivity index (χ3n) is 4.16. The maximum absolute atomic E-state index is 10.3. The number of aliphatic hydroxyl groups excluding tert-OH is 1. The Labute approximate surface area is 131 Å². The molecule has 2 aliphatic rings. The van der Waals surface area contributed by atoms with Crippen molar-refractivity contribution in [1.82, 2.24) is 19.9 Å². The van der Waals surface area contributed by atoms with Crippen LogP contribution in [0, 0.1) is 5.92 Å². The second kappa shape index (κ2) is 5.52. The summed E-state index contributed by atoms with van der Waals surface area (Å²) >= 11 is 0. The highest BCUT2D eigenvalue weighted by Crippen LogP contribution is 2.23. The summed E-state index contributed by atoms with van der Waals surface area (Å²) in [6.45, 7) is 2.03. The van der Waals surface area contributed by atoms with Gasteiger partial charge in [-0.2, -0.15) is 0 Å². The number of fused-ring (bicyclic) bond motifs is 1. The highest BCUT2D eigenvalue weighted by Gasteiger charge is 2.32. The minimum Gasteiger partial charge on any atom is -0.391 e. The van der Waals surface area contributed by atoms with E-state index < -0.39 is 6.10 Å². The molecule has 0 spiro atoms.